The van der Waals surface area contributed by atoms with Crippen LogP contribution in [0.15, 0.2) is 29.2 Å². The molecule has 1 atom stereocenters. The van der Waals surface area contributed by atoms with E-state index in [2.05, 4.69) is 11.4 Å². The zero-order valence-electron chi connectivity index (χ0n) is 16.0. The summed E-state index contributed by atoms with van der Waals surface area (Å²) in [5.41, 5.74) is 1.56. The summed E-state index contributed by atoms with van der Waals surface area (Å²) in [6.45, 7) is 0.290. The third-order valence-electron chi connectivity index (χ3n) is 5.44. The fraction of sp³-hybridized carbons (Fsp3) is 0.400. The van der Waals surface area contributed by atoms with Gasteiger partial charge in [-0.3, -0.25) is 4.79 Å². The molecule has 1 aliphatic heterocycles. The van der Waals surface area contributed by atoms with Crippen LogP contribution in [0.3, 0.4) is 0 Å². The summed E-state index contributed by atoms with van der Waals surface area (Å²) in [6, 6.07) is 7.56. The summed E-state index contributed by atoms with van der Waals surface area (Å²) in [4.78, 5) is 14.2. The van der Waals surface area contributed by atoms with Crippen LogP contribution in [0.4, 0.5) is 5.00 Å². The van der Waals surface area contributed by atoms with E-state index in [-0.39, 0.29) is 10.8 Å². The minimum Gasteiger partial charge on any atom is -0.497 e. The van der Waals surface area contributed by atoms with E-state index in [1.807, 2.05) is 0 Å². The van der Waals surface area contributed by atoms with Crippen LogP contribution in [0, 0.1) is 11.3 Å². The molecule has 0 spiro atoms. The Kier molecular flexibility index (Phi) is 5.34. The number of methoxy groups -OCH3 is 1. The molecule has 4 rings (SSSR count). The molecule has 2 aromatic rings. The number of carbonyl (C=O) groups is 1. The average Bonchev–Trinajstić information content (AvgIpc) is 3.44. The number of rotatable bonds is 5. The molecular weight excluding hydrogens is 410 g/mol. The Bertz CT molecular complexity index is 1080. The van der Waals surface area contributed by atoms with Crippen molar-refractivity contribution in [1.82, 2.24) is 4.31 Å². The minimum atomic E-state index is -3.81. The Morgan fingerprint density at radius 1 is 1.28 bits per heavy atom. The highest BCUT2D eigenvalue weighted by molar-refractivity contribution is 7.89. The molecule has 7 nitrogen and oxygen atoms in total. The zero-order chi connectivity index (χ0) is 20.6. The number of ether oxygens (including phenoxy) is 1. The number of anilines is 1. The van der Waals surface area contributed by atoms with Crippen LogP contribution in [0.2, 0.25) is 0 Å². The average molecular weight is 432 g/mol. The van der Waals surface area contributed by atoms with Crippen molar-refractivity contribution in [1.29, 1.82) is 5.26 Å². The summed E-state index contributed by atoms with van der Waals surface area (Å²) >= 11 is 1.43. The predicted octanol–water partition coefficient (Wildman–Crippen LogP) is 2.91. The number of carbonyl (C=O) groups excluding carboxylic acids is 1. The first-order valence-corrected chi connectivity index (χ1v) is 11.7. The minimum absolute atomic E-state index is 0.130. The van der Waals surface area contributed by atoms with Gasteiger partial charge in [0.15, 0.2) is 0 Å². The van der Waals surface area contributed by atoms with Crippen molar-refractivity contribution in [2.75, 3.05) is 19.0 Å². The van der Waals surface area contributed by atoms with Gasteiger partial charge in [-0.05, 0) is 61.9 Å². The predicted molar refractivity (Wildman–Crippen MR) is 110 cm³/mol. The van der Waals surface area contributed by atoms with E-state index >= 15 is 0 Å². The number of nitrogens with one attached hydrogen (secondary N) is 1. The number of nitriles is 1. The van der Waals surface area contributed by atoms with Crippen molar-refractivity contribution in [3.05, 3.63) is 40.3 Å². The standard InChI is InChI=1S/C20H21N3O4S2/c1-27-13-7-9-14(10-8-13)29(25,26)23-11-3-5-17(23)19(24)22-20-16(12-21)15-4-2-6-18(15)28-20/h7-10,17H,2-6,11H2,1H3,(H,22,24). The van der Waals surface area contributed by atoms with Gasteiger partial charge in [0.25, 0.3) is 0 Å². The Balaban J connectivity index is 1.56. The summed E-state index contributed by atoms with van der Waals surface area (Å²) in [6.07, 6.45) is 3.87. The smallest absolute Gasteiger partial charge is 0.243 e. The first-order valence-electron chi connectivity index (χ1n) is 9.47. The Morgan fingerprint density at radius 3 is 2.72 bits per heavy atom. The van der Waals surface area contributed by atoms with Crippen molar-refractivity contribution in [3.63, 3.8) is 0 Å². The first kappa shape index (κ1) is 19.9. The van der Waals surface area contributed by atoms with Crippen molar-refractivity contribution < 1.29 is 17.9 Å². The number of sulfonamides is 1. The lowest BCUT2D eigenvalue weighted by Gasteiger charge is -2.23. The lowest BCUT2D eigenvalue weighted by molar-refractivity contribution is -0.119. The number of thiophene rings is 1. The lowest BCUT2D eigenvalue weighted by atomic mass is 10.1. The number of benzene rings is 1. The molecule has 1 N–H and O–H groups in total. The van der Waals surface area contributed by atoms with Gasteiger partial charge in [0.1, 0.15) is 22.9 Å². The molecule has 0 saturated carbocycles. The number of hydrogen-bond donors (Lipinski definition) is 1. The second-order valence-electron chi connectivity index (χ2n) is 7.11. The van der Waals surface area contributed by atoms with Crippen molar-refractivity contribution in [2.24, 2.45) is 0 Å². The van der Waals surface area contributed by atoms with Gasteiger partial charge in [0, 0.05) is 11.4 Å². The van der Waals surface area contributed by atoms with E-state index in [1.165, 1.54) is 34.9 Å². The second-order valence-corrected chi connectivity index (χ2v) is 10.1. The van der Waals surface area contributed by atoms with E-state index in [0.29, 0.717) is 35.7 Å². The zero-order valence-corrected chi connectivity index (χ0v) is 17.6. The number of aryl methyl sites for hydroxylation is 1. The Morgan fingerprint density at radius 2 is 2.03 bits per heavy atom. The molecule has 9 heteroatoms. The van der Waals surface area contributed by atoms with Gasteiger partial charge < -0.3 is 10.1 Å². The van der Waals surface area contributed by atoms with Gasteiger partial charge in [-0.25, -0.2) is 8.42 Å². The van der Waals surface area contributed by atoms with Gasteiger partial charge in [-0.2, -0.15) is 9.57 Å². The molecule has 0 radical (unpaired) electrons. The monoisotopic (exact) mass is 431 g/mol. The van der Waals surface area contributed by atoms with E-state index in [1.54, 1.807) is 12.1 Å². The van der Waals surface area contributed by atoms with Crippen molar-refractivity contribution >= 4 is 32.3 Å². The number of amides is 1. The van der Waals surface area contributed by atoms with Gasteiger partial charge >= 0.3 is 0 Å². The Hall–Kier alpha value is -2.41. The topological polar surface area (TPSA) is 99.5 Å². The van der Waals surface area contributed by atoms with Crippen LogP contribution in [-0.4, -0.2) is 38.3 Å². The maximum Gasteiger partial charge on any atom is 0.243 e. The number of hydrogen-bond acceptors (Lipinski definition) is 6. The summed E-state index contributed by atoms with van der Waals surface area (Å²) in [5, 5.41) is 12.9. The molecule has 1 aromatic carbocycles. The van der Waals surface area contributed by atoms with Gasteiger partial charge in [-0.15, -0.1) is 11.3 Å². The summed E-state index contributed by atoms with van der Waals surface area (Å²) in [5.74, 6) is 0.186. The number of fused-ring (bicyclic) bond motifs is 1. The summed E-state index contributed by atoms with van der Waals surface area (Å²) in [7, 11) is -2.29. The van der Waals surface area contributed by atoms with Crippen LogP contribution < -0.4 is 10.1 Å². The molecule has 2 heterocycles. The second kappa shape index (κ2) is 7.78. The fourth-order valence-corrected chi connectivity index (χ4v) is 6.88. The highest BCUT2D eigenvalue weighted by atomic mass is 32.2. The molecule has 1 saturated heterocycles. The normalized spacial score (nSPS) is 19.0. The quantitative estimate of drug-likeness (QED) is 0.785. The molecule has 1 unspecified atom stereocenters. The highest BCUT2D eigenvalue weighted by Crippen LogP contribution is 2.39. The molecule has 152 valence electrons. The van der Waals surface area contributed by atoms with Gasteiger partial charge in [-0.1, -0.05) is 0 Å². The molecule has 1 fully saturated rings. The summed E-state index contributed by atoms with van der Waals surface area (Å²) < 4.78 is 32.5. The Labute approximate surface area is 174 Å². The van der Waals surface area contributed by atoms with Gasteiger partial charge in [0.2, 0.25) is 15.9 Å². The SMILES string of the molecule is COc1ccc(S(=O)(=O)N2CCCC2C(=O)Nc2sc3c(c2C#N)CCC3)cc1. The van der Waals surface area contributed by atoms with E-state index in [0.717, 1.165) is 29.7 Å². The maximum atomic E-state index is 13.1. The molecule has 1 amide bonds. The first-order chi connectivity index (χ1) is 14.0. The van der Waals surface area contributed by atoms with Crippen molar-refractivity contribution in [3.8, 4) is 11.8 Å². The maximum absolute atomic E-state index is 13.1. The van der Waals surface area contributed by atoms with E-state index in [9.17, 15) is 18.5 Å². The van der Waals surface area contributed by atoms with Crippen LogP contribution in [-0.2, 0) is 27.7 Å². The lowest BCUT2D eigenvalue weighted by Crippen LogP contribution is -2.43. The molecular formula is C20H21N3O4S2. The molecule has 1 aromatic heterocycles. The van der Waals surface area contributed by atoms with Crippen LogP contribution in [0.5, 0.6) is 5.75 Å². The molecule has 2 aliphatic rings. The highest BCUT2D eigenvalue weighted by Gasteiger charge is 2.40. The van der Waals surface area contributed by atoms with Crippen LogP contribution in [0.25, 0.3) is 0 Å². The van der Waals surface area contributed by atoms with Crippen LogP contribution >= 0.6 is 11.3 Å². The fourth-order valence-electron chi connectivity index (χ4n) is 3.98. The largest absolute Gasteiger partial charge is 0.497 e. The molecule has 0 bridgehead atoms. The van der Waals surface area contributed by atoms with E-state index < -0.39 is 16.1 Å². The van der Waals surface area contributed by atoms with E-state index in [4.69, 9.17) is 4.74 Å². The van der Waals surface area contributed by atoms with Crippen LogP contribution in [0.1, 0.15) is 35.3 Å². The third kappa shape index (κ3) is 3.52. The van der Waals surface area contributed by atoms with Crippen molar-refractivity contribution in [2.45, 2.75) is 43.0 Å². The molecule has 1 aliphatic carbocycles. The van der Waals surface area contributed by atoms with Gasteiger partial charge in [0.05, 0.1) is 17.6 Å². The third-order valence-corrected chi connectivity index (χ3v) is 8.57. The molecule has 29 heavy (non-hydrogen) atoms. The number of nitrogens with zero attached hydrogens (tertiary/aromatic N) is 2.